The number of rotatable bonds is 3. The standard InChI is InChI=1S/C13H11BrN2OS/c1-18-11-5-3-2-4-10(11)13(17)16-12-7-6-9(14)8-15-12/h2-8H,1H3,(H,15,16,17). The van der Waals surface area contributed by atoms with Gasteiger partial charge in [0, 0.05) is 15.6 Å². The largest absolute Gasteiger partial charge is 0.307 e. The highest BCUT2D eigenvalue weighted by Gasteiger charge is 2.10. The van der Waals surface area contributed by atoms with Crippen molar-refractivity contribution in [2.24, 2.45) is 0 Å². The maximum absolute atomic E-state index is 12.1. The number of anilines is 1. The summed E-state index contributed by atoms with van der Waals surface area (Å²) in [7, 11) is 0. The first-order chi connectivity index (χ1) is 8.70. The van der Waals surface area contributed by atoms with Crippen LogP contribution >= 0.6 is 27.7 Å². The average Bonchev–Trinajstić information content (AvgIpc) is 2.41. The molecule has 0 saturated heterocycles. The number of carbonyl (C=O) groups excluding carboxylic acids is 1. The summed E-state index contributed by atoms with van der Waals surface area (Å²) in [4.78, 5) is 17.2. The SMILES string of the molecule is CSc1ccccc1C(=O)Nc1ccc(Br)cn1. The molecule has 0 unspecified atom stereocenters. The van der Waals surface area contributed by atoms with Crippen LogP contribution in [0.3, 0.4) is 0 Å². The van der Waals surface area contributed by atoms with E-state index in [0.29, 0.717) is 11.4 Å². The molecule has 1 amide bonds. The summed E-state index contributed by atoms with van der Waals surface area (Å²) >= 11 is 4.85. The first kappa shape index (κ1) is 13.1. The lowest BCUT2D eigenvalue weighted by Gasteiger charge is -2.07. The minimum atomic E-state index is -0.144. The monoisotopic (exact) mass is 322 g/mol. The van der Waals surface area contributed by atoms with Gasteiger partial charge >= 0.3 is 0 Å². The lowest BCUT2D eigenvalue weighted by atomic mass is 10.2. The van der Waals surface area contributed by atoms with Crippen LogP contribution in [0.25, 0.3) is 0 Å². The van der Waals surface area contributed by atoms with E-state index in [1.807, 2.05) is 30.5 Å². The molecule has 0 aliphatic carbocycles. The first-order valence-corrected chi connectivity index (χ1v) is 7.28. The lowest BCUT2D eigenvalue weighted by molar-refractivity contribution is 0.102. The molecular weight excluding hydrogens is 312 g/mol. The van der Waals surface area contributed by atoms with Crippen LogP contribution in [-0.2, 0) is 0 Å². The van der Waals surface area contributed by atoms with Crippen LogP contribution in [0, 0.1) is 0 Å². The molecule has 0 bridgehead atoms. The molecular formula is C13H11BrN2OS. The molecule has 18 heavy (non-hydrogen) atoms. The van der Waals surface area contributed by atoms with Crippen LogP contribution in [0.5, 0.6) is 0 Å². The fourth-order valence-electron chi connectivity index (χ4n) is 1.47. The summed E-state index contributed by atoms with van der Waals surface area (Å²) in [6.07, 6.45) is 3.60. The van der Waals surface area contributed by atoms with Gasteiger partial charge in [0.15, 0.2) is 0 Å². The number of halogens is 1. The molecule has 0 fully saturated rings. The van der Waals surface area contributed by atoms with E-state index in [4.69, 9.17) is 0 Å². The molecule has 92 valence electrons. The van der Waals surface area contributed by atoms with Crippen LogP contribution < -0.4 is 5.32 Å². The average molecular weight is 323 g/mol. The maximum atomic E-state index is 12.1. The summed E-state index contributed by atoms with van der Waals surface area (Å²) in [5.41, 5.74) is 0.662. The summed E-state index contributed by atoms with van der Waals surface area (Å²) < 4.78 is 0.880. The highest BCUT2D eigenvalue weighted by Crippen LogP contribution is 2.21. The summed E-state index contributed by atoms with van der Waals surface area (Å²) in [5, 5.41) is 2.78. The fourth-order valence-corrected chi connectivity index (χ4v) is 2.30. The Labute approximate surface area is 118 Å². The minimum Gasteiger partial charge on any atom is -0.307 e. The number of hydrogen-bond acceptors (Lipinski definition) is 3. The molecule has 0 saturated carbocycles. The Morgan fingerprint density at radius 3 is 2.72 bits per heavy atom. The fraction of sp³-hybridized carbons (Fsp3) is 0.0769. The Morgan fingerprint density at radius 1 is 1.28 bits per heavy atom. The summed E-state index contributed by atoms with van der Waals surface area (Å²) in [6, 6.07) is 11.1. The van der Waals surface area contributed by atoms with Crippen molar-refractivity contribution in [2.75, 3.05) is 11.6 Å². The van der Waals surface area contributed by atoms with Gasteiger partial charge in [-0.2, -0.15) is 0 Å². The molecule has 0 aliphatic heterocycles. The van der Waals surface area contributed by atoms with Crippen molar-refractivity contribution in [3.05, 3.63) is 52.6 Å². The van der Waals surface area contributed by atoms with E-state index in [0.717, 1.165) is 9.37 Å². The normalized spacial score (nSPS) is 10.1. The van der Waals surface area contributed by atoms with Crippen LogP contribution in [0.1, 0.15) is 10.4 Å². The number of amides is 1. The maximum Gasteiger partial charge on any atom is 0.257 e. The predicted octanol–water partition coefficient (Wildman–Crippen LogP) is 3.82. The number of benzene rings is 1. The topological polar surface area (TPSA) is 42.0 Å². The summed E-state index contributed by atoms with van der Waals surface area (Å²) in [5.74, 6) is 0.397. The highest BCUT2D eigenvalue weighted by atomic mass is 79.9. The molecule has 1 aromatic heterocycles. The number of nitrogens with one attached hydrogen (secondary N) is 1. The number of thioether (sulfide) groups is 1. The van der Waals surface area contributed by atoms with Crippen LogP contribution in [0.15, 0.2) is 52.0 Å². The predicted molar refractivity (Wildman–Crippen MR) is 78.1 cm³/mol. The van der Waals surface area contributed by atoms with Gasteiger partial charge in [0.1, 0.15) is 5.82 Å². The third-order valence-electron chi connectivity index (χ3n) is 2.32. The molecule has 0 aliphatic rings. The molecule has 1 N–H and O–H groups in total. The van der Waals surface area contributed by atoms with Gasteiger partial charge in [-0.3, -0.25) is 4.79 Å². The second-order valence-electron chi connectivity index (χ2n) is 3.52. The van der Waals surface area contributed by atoms with Crippen molar-refractivity contribution in [2.45, 2.75) is 4.90 Å². The number of pyridine rings is 1. The Bertz CT molecular complexity index is 557. The molecule has 2 rings (SSSR count). The highest BCUT2D eigenvalue weighted by molar-refractivity contribution is 9.10. The van der Waals surface area contributed by atoms with E-state index in [2.05, 4.69) is 26.2 Å². The summed E-state index contributed by atoms with van der Waals surface area (Å²) in [6.45, 7) is 0. The molecule has 0 atom stereocenters. The second kappa shape index (κ2) is 6.02. The zero-order chi connectivity index (χ0) is 13.0. The quantitative estimate of drug-likeness (QED) is 0.873. The molecule has 2 aromatic rings. The Balaban J connectivity index is 2.19. The van der Waals surface area contributed by atoms with Crippen LogP contribution in [-0.4, -0.2) is 17.1 Å². The van der Waals surface area contributed by atoms with Gasteiger partial charge in [0.05, 0.1) is 5.56 Å². The van der Waals surface area contributed by atoms with Gasteiger partial charge in [-0.05, 0) is 46.5 Å². The van der Waals surface area contributed by atoms with Crippen molar-refractivity contribution in [1.82, 2.24) is 4.98 Å². The van der Waals surface area contributed by atoms with Gasteiger partial charge in [0.25, 0.3) is 5.91 Å². The number of hydrogen-bond donors (Lipinski definition) is 1. The molecule has 0 radical (unpaired) electrons. The van der Waals surface area contributed by atoms with E-state index < -0.39 is 0 Å². The molecule has 5 heteroatoms. The molecule has 3 nitrogen and oxygen atoms in total. The van der Waals surface area contributed by atoms with Crippen molar-refractivity contribution >= 4 is 39.4 Å². The third kappa shape index (κ3) is 3.11. The van der Waals surface area contributed by atoms with Gasteiger partial charge in [0.2, 0.25) is 0 Å². The number of aromatic nitrogens is 1. The number of carbonyl (C=O) groups is 1. The number of nitrogens with zero attached hydrogens (tertiary/aromatic N) is 1. The van der Waals surface area contributed by atoms with Crippen molar-refractivity contribution in [3.63, 3.8) is 0 Å². The Hall–Kier alpha value is -1.33. The van der Waals surface area contributed by atoms with E-state index in [-0.39, 0.29) is 5.91 Å². The van der Waals surface area contributed by atoms with E-state index >= 15 is 0 Å². The zero-order valence-electron chi connectivity index (χ0n) is 9.68. The van der Waals surface area contributed by atoms with Crippen LogP contribution in [0.2, 0.25) is 0 Å². The minimum absolute atomic E-state index is 0.144. The van der Waals surface area contributed by atoms with Crippen molar-refractivity contribution < 1.29 is 4.79 Å². The Kier molecular flexibility index (Phi) is 4.38. The molecule has 1 heterocycles. The van der Waals surface area contributed by atoms with E-state index in [9.17, 15) is 4.79 Å². The first-order valence-electron chi connectivity index (χ1n) is 5.26. The van der Waals surface area contributed by atoms with Crippen molar-refractivity contribution in [1.29, 1.82) is 0 Å². The van der Waals surface area contributed by atoms with Crippen LogP contribution in [0.4, 0.5) is 5.82 Å². The lowest BCUT2D eigenvalue weighted by Crippen LogP contribution is -2.13. The Morgan fingerprint density at radius 2 is 2.06 bits per heavy atom. The van der Waals surface area contributed by atoms with Gasteiger partial charge in [-0.15, -0.1) is 11.8 Å². The van der Waals surface area contributed by atoms with E-state index in [1.165, 1.54) is 0 Å². The smallest absolute Gasteiger partial charge is 0.257 e. The molecule has 1 aromatic carbocycles. The third-order valence-corrected chi connectivity index (χ3v) is 3.59. The van der Waals surface area contributed by atoms with Gasteiger partial charge in [-0.25, -0.2) is 4.98 Å². The second-order valence-corrected chi connectivity index (χ2v) is 5.28. The van der Waals surface area contributed by atoms with Gasteiger partial charge < -0.3 is 5.32 Å². The zero-order valence-corrected chi connectivity index (χ0v) is 12.1. The molecule has 0 spiro atoms. The van der Waals surface area contributed by atoms with Gasteiger partial charge in [-0.1, -0.05) is 12.1 Å². The van der Waals surface area contributed by atoms with Crippen molar-refractivity contribution in [3.8, 4) is 0 Å². The van der Waals surface area contributed by atoms with E-state index in [1.54, 1.807) is 30.1 Å².